The average Bonchev–Trinajstić information content (AvgIpc) is 2.06. The Balaban J connectivity index is 5.36. The molecule has 0 radical (unpaired) electrons. The second-order valence-corrected chi connectivity index (χ2v) is 5.16. The zero-order valence-corrected chi connectivity index (χ0v) is 10.7. The third-order valence-electron chi connectivity index (χ3n) is 2.32. The van der Waals surface area contributed by atoms with E-state index < -0.39 is 41.6 Å². The minimum Gasteiger partial charge on any atom is -0.480 e. The summed E-state index contributed by atoms with van der Waals surface area (Å²) in [5, 5.41) is 10.1. The fourth-order valence-electron chi connectivity index (χ4n) is 1.36. The number of carboxylic acid groups (broad SMARTS) is 1. The molecule has 0 aliphatic rings. The number of alkyl halides is 6. The predicted molar refractivity (Wildman–Crippen MR) is 54.6 cm³/mol. The van der Waals surface area contributed by atoms with Crippen molar-refractivity contribution in [1.29, 1.82) is 0 Å². The molecule has 0 saturated heterocycles. The lowest BCUT2D eigenvalue weighted by molar-refractivity contribution is -0.274. The van der Waals surface area contributed by atoms with E-state index in [1.54, 1.807) is 0 Å². The number of hydrogen-bond acceptors (Lipinski definition) is 2. The molecule has 0 aliphatic carbocycles. The van der Waals surface area contributed by atoms with Gasteiger partial charge in [0.15, 0.2) is 0 Å². The summed E-state index contributed by atoms with van der Waals surface area (Å²) >= 11 is 0. The molecule has 20 heavy (non-hydrogen) atoms. The average molecular weight is 309 g/mol. The monoisotopic (exact) mass is 309 g/mol. The van der Waals surface area contributed by atoms with Crippen molar-refractivity contribution < 1.29 is 41.0 Å². The molecular weight excluding hydrogens is 296 g/mol. The van der Waals surface area contributed by atoms with Crippen LogP contribution in [-0.4, -0.2) is 35.4 Å². The normalized spacial score (nSPS) is 15.1. The number of hydrogen-bond donors (Lipinski definition) is 2. The first kappa shape index (κ1) is 18.5. The predicted octanol–water partition coefficient (Wildman–Crippen LogP) is 2.34. The van der Waals surface area contributed by atoms with Crippen molar-refractivity contribution >= 4 is 11.9 Å². The molecule has 1 amide bonds. The van der Waals surface area contributed by atoms with E-state index in [1.807, 2.05) is 0 Å². The Morgan fingerprint density at radius 3 is 1.50 bits per heavy atom. The smallest absolute Gasteiger partial charge is 0.409 e. The Morgan fingerprint density at radius 1 is 0.950 bits per heavy atom. The zero-order valence-electron chi connectivity index (χ0n) is 10.7. The number of halogens is 6. The van der Waals surface area contributed by atoms with Crippen LogP contribution in [0.2, 0.25) is 0 Å². The Bertz CT molecular complexity index is 368. The lowest BCUT2D eigenvalue weighted by Crippen LogP contribution is -2.55. The maximum atomic E-state index is 12.3. The first-order valence-electron chi connectivity index (χ1n) is 5.25. The van der Waals surface area contributed by atoms with Crippen molar-refractivity contribution in [2.24, 2.45) is 11.3 Å². The van der Waals surface area contributed by atoms with Gasteiger partial charge >= 0.3 is 18.3 Å². The first-order chi connectivity index (χ1) is 8.58. The topological polar surface area (TPSA) is 66.4 Å². The molecule has 0 bridgehead atoms. The minimum atomic E-state index is -5.86. The molecule has 0 unspecified atom stereocenters. The lowest BCUT2D eigenvalue weighted by Gasteiger charge is -2.30. The number of amides is 1. The van der Waals surface area contributed by atoms with Gasteiger partial charge in [0.2, 0.25) is 11.8 Å². The van der Waals surface area contributed by atoms with Crippen LogP contribution >= 0.6 is 0 Å². The molecule has 0 aliphatic heterocycles. The van der Waals surface area contributed by atoms with Gasteiger partial charge in [-0.25, -0.2) is 4.79 Å². The van der Waals surface area contributed by atoms with Crippen molar-refractivity contribution in [3.05, 3.63) is 0 Å². The molecule has 0 aromatic rings. The van der Waals surface area contributed by atoms with Gasteiger partial charge in [-0.15, -0.1) is 0 Å². The molecule has 0 spiro atoms. The fourth-order valence-corrected chi connectivity index (χ4v) is 1.36. The molecule has 0 saturated carbocycles. The molecule has 118 valence electrons. The number of rotatable bonds is 3. The van der Waals surface area contributed by atoms with Gasteiger partial charge in [0.25, 0.3) is 0 Å². The maximum Gasteiger partial charge on any atom is 0.409 e. The third kappa shape index (κ3) is 4.89. The second kappa shape index (κ2) is 5.49. The van der Waals surface area contributed by atoms with Crippen molar-refractivity contribution in [2.75, 3.05) is 0 Å². The Hall–Kier alpha value is -1.48. The van der Waals surface area contributed by atoms with Gasteiger partial charge in [-0.3, -0.25) is 4.79 Å². The summed E-state index contributed by atoms with van der Waals surface area (Å²) in [5.41, 5.74) is -1.26. The first-order valence-corrected chi connectivity index (χ1v) is 5.25. The minimum absolute atomic E-state index is 1.25. The van der Waals surface area contributed by atoms with E-state index in [4.69, 9.17) is 5.11 Å². The summed E-state index contributed by atoms with van der Waals surface area (Å²) < 4.78 is 73.7. The Labute approximate surface area is 110 Å². The Morgan fingerprint density at radius 2 is 1.30 bits per heavy atom. The van der Waals surface area contributed by atoms with E-state index >= 15 is 0 Å². The highest BCUT2D eigenvalue weighted by molar-refractivity contribution is 5.86. The van der Waals surface area contributed by atoms with Gasteiger partial charge in [-0.1, -0.05) is 20.8 Å². The van der Waals surface area contributed by atoms with Crippen molar-refractivity contribution in [3.63, 3.8) is 0 Å². The van der Waals surface area contributed by atoms with E-state index in [9.17, 15) is 35.9 Å². The van der Waals surface area contributed by atoms with Crippen LogP contribution in [0.25, 0.3) is 0 Å². The second-order valence-electron chi connectivity index (χ2n) is 5.16. The van der Waals surface area contributed by atoms with Crippen LogP contribution in [0.1, 0.15) is 20.8 Å². The van der Waals surface area contributed by atoms with Crippen LogP contribution in [0, 0.1) is 11.3 Å². The molecule has 0 heterocycles. The van der Waals surface area contributed by atoms with Crippen LogP contribution in [0.4, 0.5) is 26.3 Å². The van der Waals surface area contributed by atoms with Gasteiger partial charge in [-0.05, 0) is 5.41 Å². The van der Waals surface area contributed by atoms with Gasteiger partial charge in [-0.2, -0.15) is 26.3 Å². The van der Waals surface area contributed by atoms with Crippen molar-refractivity contribution in [1.82, 2.24) is 5.32 Å². The van der Waals surface area contributed by atoms with Crippen molar-refractivity contribution in [3.8, 4) is 0 Å². The van der Waals surface area contributed by atoms with Crippen LogP contribution in [0.15, 0.2) is 0 Å². The molecule has 0 aromatic heterocycles. The Kier molecular flexibility index (Phi) is 5.08. The van der Waals surface area contributed by atoms with Crippen LogP contribution in [0.5, 0.6) is 0 Å². The molecule has 0 rings (SSSR count). The highest BCUT2D eigenvalue weighted by atomic mass is 19.4. The largest absolute Gasteiger partial charge is 0.480 e. The standard InChI is InChI=1S/C10H13F6NO3/c1-8(2,3)5(7(19)20)17-6(18)4(9(11,12)13)10(14,15)16/h4-5H,1-3H3,(H,17,18)(H,19,20)/t5-/m0/s1. The van der Waals surface area contributed by atoms with Gasteiger partial charge < -0.3 is 10.4 Å². The molecule has 2 N–H and O–H groups in total. The summed E-state index contributed by atoms with van der Waals surface area (Å²) in [6, 6.07) is -1.89. The molecule has 0 fully saturated rings. The van der Waals surface area contributed by atoms with E-state index in [0.29, 0.717) is 0 Å². The van der Waals surface area contributed by atoms with Gasteiger partial charge in [0, 0.05) is 0 Å². The van der Waals surface area contributed by atoms with Crippen LogP contribution in [0.3, 0.4) is 0 Å². The van der Waals surface area contributed by atoms with Crippen LogP contribution in [-0.2, 0) is 9.59 Å². The van der Waals surface area contributed by atoms with E-state index in [0.717, 1.165) is 0 Å². The molecule has 1 atom stereocenters. The number of carboxylic acids is 1. The summed E-state index contributed by atoms with van der Waals surface area (Å²) in [4.78, 5) is 22.0. The highest BCUT2D eigenvalue weighted by Crippen LogP contribution is 2.39. The van der Waals surface area contributed by atoms with E-state index in [-0.39, 0.29) is 0 Å². The quantitative estimate of drug-likeness (QED) is 0.786. The SMILES string of the molecule is CC(C)(C)[C@@H](NC(=O)C(C(F)(F)F)C(F)(F)F)C(=O)O. The van der Waals surface area contributed by atoms with Gasteiger partial charge in [0.05, 0.1) is 0 Å². The molecule has 10 heteroatoms. The molecule has 4 nitrogen and oxygen atoms in total. The van der Waals surface area contributed by atoms with Crippen LogP contribution < -0.4 is 5.32 Å². The number of carbonyl (C=O) groups is 2. The van der Waals surface area contributed by atoms with Crippen molar-refractivity contribution in [2.45, 2.75) is 39.2 Å². The summed E-state index contributed by atoms with van der Waals surface area (Å²) in [7, 11) is 0. The van der Waals surface area contributed by atoms with E-state index in [2.05, 4.69) is 0 Å². The van der Waals surface area contributed by atoms with Gasteiger partial charge in [0.1, 0.15) is 6.04 Å². The molecule has 0 aromatic carbocycles. The lowest BCUT2D eigenvalue weighted by atomic mass is 9.86. The summed E-state index contributed by atoms with van der Waals surface area (Å²) in [6.45, 7) is 3.76. The zero-order chi connectivity index (χ0) is 16.5. The third-order valence-corrected chi connectivity index (χ3v) is 2.32. The molecular formula is C10H13F6NO3. The maximum absolute atomic E-state index is 12.3. The summed E-state index contributed by atoms with van der Waals surface area (Å²) in [6.07, 6.45) is -11.7. The number of aliphatic carboxylic acids is 1. The van der Waals surface area contributed by atoms with E-state index in [1.165, 1.54) is 26.1 Å². The number of carbonyl (C=O) groups excluding carboxylic acids is 1. The summed E-state index contributed by atoms with van der Waals surface area (Å²) in [5.74, 6) is -8.43. The highest BCUT2D eigenvalue weighted by Gasteiger charge is 2.61. The fraction of sp³-hybridized carbons (Fsp3) is 0.800. The number of nitrogens with one attached hydrogen (secondary N) is 1.